The van der Waals surface area contributed by atoms with Crippen LogP contribution in [0, 0.1) is 5.41 Å². The molecule has 1 unspecified atom stereocenters. The summed E-state index contributed by atoms with van der Waals surface area (Å²) >= 11 is 0. The van der Waals surface area contributed by atoms with Crippen LogP contribution in [0.3, 0.4) is 0 Å². The number of rotatable bonds is 5. The van der Waals surface area contributed by atoms with E-state index in [1.54, 1.807) is 0 Å². The highest BCUT2D eigenvalue weighted by Crippen LogP contribution is 2.39. The Bertz CT molecular complexity index is 366. The van der Waals surface area contributed by atoms with Gasteiger partial charge >= 0.3 is 0 Å². The van der Waals surface area contributed by atoms with Crippen LogP contribution in [-0.4, -0.2) is 15.8 Å². The zero-order chi connectivity index (χ0) is 13.0. The van der Waals surface area contributed by atoms with E-state index in [2.05, 4.69) is 30.6 Å². The molecular weight excluding hydrogens is 224 g/mol. The number of nitrogens with one attached hydrogen (secondary N) is 1. The molecule has 4 heteroatoms. The Labute approximate surface area is 110 Å². The molecule has 0 saturated heterocycles. The van der Waals surface area contributed by atoms with E-state index in [0.717, 1.165) is 13.0 Å². The number of nitrogens with two attached hydrogens (primary N) is 1. The van der Waals surface area contributed by atoms with Crippen LogP contribution in [-0.2, 0) is 13.0 Å². The number of aromatic nitrogens is 2. The van der Waals surface area contributed by atoms with Crippen LogP contribution in [0.4, 0.5) is 0 Å². The van der Waals surface area contributed by atoms with Crippen molar-refractivity contribution in [1.29, 1.82) is 0 Å². The van der Waals surface area contributed by atoms with Crippen LogP contribution in [0.15, 0.2) is 12.4 Å². The molecule has 0 spiro atoms. The molecule has 1 aromatic heterocycles. The summed E-state index contributed by atoms with van der Waals surface area (Å²) in [5, 5.41) is 4.34. The standard InChI is InChI=1S/C14H26N4/c1-3-18-11-12(10-16-18)9-13(17-15)14(2)7-5-4-6-8-14/h10-11,13,17H,3-9,15H2,1-2H3. The van der Waals surface area contributed by atoms with Crippen LogP contribution in [0.1, 0.15) is 51.5 Å². The molecule has 4 nitrogen and oxygen atoms in total. The zero-order valence-electron chi connectivity index (χ0n) is 11.7. The van der Waals surface area contributed by atoms with Crippen molar-refractivity contribution < 1.29 is 0 Å². The molecule has 0 bridgehead atoms. The quantitative estimate of drug-likeness (QED) is 0.622. The summed E-state index contributed by atoms with van der Waals surface area (Å²) in [7, 11) is 0. The van der Waals surface area contributed by atoms with Gasteiger partial charge in [-0.1, -0.05) is 26.2 Å². The maximum absolute atomic E-state index is 5.80. The normalized spacial score (nSPS) is 20.8. The highest BCUT2D eigenvalue weighted by molar-refractivity contribution is 5.08. The summed E-state index contributed by atoms with van der Waals surface area (Å²) in [6.07, 6.45) is 11.7. The van der Waals surface area contributed by atoms with Crippen molar-refractivity contribution in [2.45, 2.75) is 65.0 Å². The van der Waals surface area contributed by atoms with Crippen molar-refractivity contribution in [1.82, 2.24) is 15.2 Å². The van der Waals surface area contributed by atoms with Gasteiger partial charge in [-0.3, -0.25) is 16.0 Å². The summed E-state index contributed by atoms with van der Waals surface area (Å²) in [5.41, 5.74) is 4.67. The van der Waals surface area contributed by atoms with E-state index >= 15 is 0 Å². The molecule has 3 N–H and O–H groups in total. The van der Waals surface area contributed by atoms with Crippen LogP contribution in [0.25, 0.3) is 0 Å². The summed E-state index contributed by atoms with van der Waals surface area (Å²) in [5.74, 6) is 5.80. The van der Waals surface area contributed by atoms with Crippen LogP contribution < -0.4 is 11.3 Å². The maximum Gasteiger partial charge on any atom is 0.0522 e. The van der Waals surface area contributed by atoms with Crippen LogP contribution >= 0.6 is 0 Å². The lowest BCUT2D eigenvalue weighted by Crippen LogP contribution is -2.49. The van der Waals surface area contributed by atoms with Crippen molar-refractivity contribution >= 4 is 0 Å². The molecule has 1 saturated carbocycles. The van der Waals surface area contributed by atoms with E-state index in [0.29, 0.717) is 11.5 Å². The number of hydrogen-bond acceptors (Lipinski definition) is 3. The highest BCUT2D eigenvalue weighted by Gasteiger charge is 2.34. The summed E-state index contributed by atoms with van der Waals surface area (Å²) in [4.78, 5) is 0. The van der Waals surface area contributed by atoms with Crippen molar-refractivity contribution in [3.05, 3.63) is 18.0 Å². The molecule has 18 heavy (non-hydrogen) atoms. The largest absolute Gasteiger partial charge is 0.273 e. The summed E-state index contributed by atoms with van der Waals surface area (Å²) in [6, 6.07) is 0.354. The number of nitrogens with zero attached hydrogens (tertiary/aromatic N) is 2. The lowest BCUT2D eigenvalue weighted by molar-refractivity contribution is 0.144. The molecule has 1 aliphatic rings. The molecule has 0 radical (unpaired) electrons. The summed E-state index contributed by atoms with van der Waals surface area (Å²) in [6.45, 7) is 5.41. The molecule has 1 aromatic rings. The first-order valence-corrected chi connectivity index (χ1v) is 7.15. The first-order chi connectivity index (χ1) is 8.68. The third-order valence-corrected chi connectivity index (χ3v) is 4.49. The average molecular weight is 250 g/mol. The maximum atomic E-state index is 5.80. The molecule has 1 aliphatic carbocycles. The third kappa shape index (κ3) is 2.93. The molecule has 2 rings (SSSR count). The Morgan fingerprint density at radius 3 is 2.72 bits per heavy atom. The van der Waals surface area contributed by atoms with Crippen molar-refractivity contribution in [3.8, 4) is 0 Å². The molecule has 0 amide bonds. The van der Waals surface area contributed by atoms with Crippen LogP contribution in [0.2, 0.25) is 0 Å². The molecule has 1 fully saturated rings. The number of aryl methyl sites for hydroxylation is 1. The van der Waals surface area contributed by atoms with Crippen molar-refractivity contribution in [2.24, 2.45) is 11.3 Å². The van der Waals surface area contributed by atoms with Gasteiger partial charge in [-0.05, 0) is 37.2 Å². The van der Waals surface area contributed by atoms with Gasteiger partial charge < -0.3 is 0 Å². The fraction of sp³-hybridized carbons (Fsp3) is 0.786. The van der Waals surface area contributed by atoms with E-state index in [4.69, 9.17) is 5.84 Å². The minimum atomic E-state index is 0.335. The van der Waals surface area contributed by atoms with E-state index in [1.807, 2.05) is 10.9 Å². The second-order valence-corrected chi connectivity index (χ2v) is 5.84. The predicted octanol–water partition coefficient (Wildman–Crippen LogP) is 2.25. The zero-order valence-corrected chi connectivity index (χ0v) is 11.7. The fourth-order valence-electron chi connectivity index (χ4n) is 3.13. The van der Waals surface area contributed by atoms with Gasteiger partial charge in [-0.15, -0.1) is 0 Å². The lowest BCUT2D eigenvalue weighted by Gasteiger charge is -2.40. The molecule has 1 atom stereocenters. The Kier molecular flexibility index (Phi) is 4.40. The fourth-order valence-corrected chi connectivity index (χ4v) is 3.13. The average Bonchev–Trinajstić information content (AvgIpc) is 2.84. The molecular formula is C14H26N4. The van der Waals surface area contributed by atoms with Gasteiger partial charge in [0.15, 0.2) is 0 Å². The van der Waals surface area contributed by atoms with Crippen LogP contribution in [0.5, 0.6) is 0 Å². The van der Waals surface area contributed by atoms with Gasteiger partial charge in [-0.2, -0.15) is 5.10 Å². The highest BCUT2D eigenvalue weighted by atomic mass is 15.3. The SMILES string of the molecule is CCn1cc(CC(NN)C2(C)CCCCC2)cn1. The second kappa shape index (κ2) is 5.85. The van der Waals surface area contributed by atoms with E-state index in [-0.39, 0.29) is 0 Å². The second-order valence-electron chi connectivity index (χ2n) is 5.84. The van der Waals surface area contributed by atoms with Gasteiger partial charge in [0, 0.05) is 18.8 Å². The first-order valence-electron chi connectivity index (χ1n) is 7.15. The molecule has 0 aromatic carbocycles. The topological polar surface area (TPSA) is 55.9 Å². The van der Waals surface area contributed by atoms with E-state index in [1.165, 1.54) is 37.7 Å². The van der Waals surface area contributed by atoms with Crippen molar-refractivity contribution in [3.63, 3.8) is 0 Å². The van der Waals surface area contributed by atoms with Gasteiger partial charge in [0.1, 0.15) is 0 Å². The van der Waals surface area contributed by atoms with Gasteiger partial charge in [-0.25, -0.2) is 0 Å². The Hall–Kier alpha value is -0.870. The van der Waals surface area contributed by atoms with Crippen molar-refractivity contribution in [2.75, 3.05) is 0 Å². The molecule has 1 heterocycles. The van der Waals surface area contributed by atoms with Gasteiger partial charge in [0.25, 0.3) is 0 Å². The number of hydrazine groups is 1. The van der Waals surface area contributed by atoms with Gasteiger partial charge in [0.2, 0.25) is 0 Å². The first kappa shape index (κ1) is 13.6. The van der Waals surface area contributed by atoms with Gasteiger partial charge in [0.05, 0.1) is 6.20 Å². The monoisotopic (exact) mass is 250 g/mol. The minimum Gasteiger partial charge on any atom is -0.273 e. The lowest BCUT2D eigenvalue weighted by atomic mass is 9.69. The predicted molar refractivity (Wildman–Crippen MR) is 73.9 cm³/mol. The Morgan fingerprint density at radius 2 is 2.17 bits per heavy atom. The molecule has 0 aliphatic heterocycles. The third-order valence-electron chi connectivity index (χ3n) is 4.49. The molecule has 102 valence electrons. The Morgan fingerprint density at radius 1 is 1.44 bits per heavy atom. The minimum absolute atomic E-state index is 0.335. The number of hydrogen-bond donors (Lipinski definition) is 2. The Balaban J connectivity index is 2.03. The smallest absolute Gasteiger partial charge is 0.0522 e. The summed E-state index contributed by atoms with van der Waals surface area (Å²) < 4.78 is 1.98. The van der Waals surface area contributed by atoms with E-state index < -0.39 is 0 Å². The van der Waals surface area contributed by atoms with E-state index in [9.17, 15) is 0 Å².